The first-order valence-corrected chi connectivity index (χ1v) is 15.3. The van der Waals surface area contributed by atoms with Crippen molar-refractivity contribution in [2.75, 3.05) is 33.9 Å². The minimum atomic E-state index is 0.0891. The number of carbonyl (C=O) groups is 1. The molecule has 2 aromatic heterocycles. The molecule has 10 nitrogen and oxygen atoms in total. The lowest BCUT2D eigenvalue weighted by molar-refractivity contribution is -0.119. The summed E-state index contributed by atoms with van der Waals surface area (Å²) in [5.74, 6) is 0.982. The Kier molecular flexibility index (Phi) is 9.22. The Hall–Kier alpha value is -3.83. The van der Waals surface area contributed by atoms with Crippen LogP contribution in [-0.2, 0) is 17.9 Å². The molecule has 2 aliphatic heterocycles. The monoisotopic (exact) mass is 633 g/mol. The highest BCUT2D eigenvalue weighted by molar-refractivity contribution is 6.39. The van der Waals surface area contributed by atoms with Gasteiger partial charge in [-0.15, -0.1) is 0 Å². The van der Waals surface area contributed by atoms with Crippen LogP contribution in [0, 0.1) is 0 Å². The number of benzene rings is 2. The van der Waals surface area contributed by atoms with Gasteiger partial charge < -0.3 is 20.1 Å². The third-order valence-corrected chi connectivity index (χ3v) is 8.75. The quantitative estimate of drug-likeness (QED) is 0.231. The van der Waals surface area contributed by atoms with Crippen molar-refractivity contribution in [3.8, 4) is 45.4 Å². The summed E-state index contributed by atoms with van der Waals surface area (Å²) in [6.07, 6.45) is 6.01. The number of ether oxygens (including phenoxy) is 2. The zero-order valence-electron chi connectivity index (χ0n) is 24.6. The van der Waals surface area contributed by atoms with Gasteiger partial charge in [0.1, 0.15) is 11.4 Å². The van der Waals surface area contributed by atoms with Crippen molar-refractivity contribution in [1.82, 2.24) is 35.5 Å². The molecule has 4 heterocycles. The molecule has 2 N–H and O–H groups in total. The van der Waals surface area contributed by atoms with Gasteiger partial charge in [-0.25, -0.2) is 9.97 Å². The molecule has 6 rings (SSSR count). The summed E-state index contributed by atoms with van der Waals surface area (Å²) in [5, 5.41) is 7.27. The molecule has 44 heavy (non-hydrogen) atoms. The molecule has 0 spiro atoms. The van der Waals surface area contributed by atoms with Crippen molar-refractivity contribution in [2.24, 2.45) is 0 Å². The number of hydrogen-bond donors (Lipinski definition) is 2. The molecule has 12 heteroatoms. The summed E-state index contributed by atoms with van der Waals surface area (Å²) in [6, 6.07) is 11.6. The minimum Gasteiger partial charge on any atom is -0.480 e. The largest absolute Gasteiger partial charge is 0.480 e. The van der Waals surface area contributed by atoms with Gasteiger partial charge in [-0.2, -0.15) is 0 Å². The summed E-state index contributed by atoms with van der Waals surface area (Å²) in [6.45, 7) is 3.92. The van der Waals surface area contributed by atoms with Gasteiger partial charge in [0, 0.05) is 54.4 Å². The lowest BCUT2D eigenvalue weighted by Crippen LogP contribution is -2.36. The Balaban J connectivity index is 1.25. The van der Waals surface area contributed by atoms with Crippen LogP contribution in [0.3, 0.4) is 0 Å². The average Bonchev–Trinajstić information content (AvgIpc) is 3.44. The van der Waals surface area contributed by atoms with E-state index in [2.05, 4.69) is 25.5 Å². The van der Waals surface area contributed by atoms with Crippen molar-refractivity contribution >= 4 is 29.1 Å². The van der Waals surface area contributed by atoms with Crippen molar-refractivity contribution in [3.63, 3.8) is 0 Å². The smallest absolute Gasteiger partial charge is 0.237 e. The molecule has 0 radical (unpaired) electrons. The Morgan fingerprint density at radius 1 is 0.886 bits per heavy atom. The second kappa shape index (κ2) is 13.4. The SMILES string of the molecule is COc1nc(-c2cccc(-c3cccc(-c4cnc(CN5CCC5)c(OC)n4)c3Cl)c2Cl)cnc1CNCC1CCC(=O)N1. The van der Waals surface area contributed by atoms with Crippen LogP contribution in [0.15, 0.2) is 48.8 Å². The number of rotatable bonds is 11. The molecule has 0 saturated carbocycles. The third kappa shape index (κ3) is 6.34. The summed E-state index contributed by atoms with van der Waals surface area (Å²) in [5.41, 5.74) is 5.57. The van der Waals surface area contributed by atoms with E-state index in [-0.39, 0.29) is 11.9 Å². The van der Waals surface area contributed by atoms with Crippen LogP contribution in [0.25, 0.3) is 33.6 Å². The fourth-order valence-corrected chi connectivity index (χ4v) is 6.08. The number of amides is 1. The molecule has 2 saturated heterocycles. The molecule has 228 valence electrons. The summed E-state index contributed by atoms with van der Waals surface area (Å²) in [7, 11) is 3.17. The predicted octanol–water partition coefficient (Wildman–Crippen LogP) is 5.17. The zero-order chi connectivity index (χ0) is 30.6. The molecule has 0 aliphatic carbocycles. The Morgan fingerprint density at radius 3 is 1.98 bits per heavy atom. The first kappa shape index (κ1) is 30.2. The lowest BCUT2D eigenvalue weighted by atomic mass is 9.98. The van der Waals surface area contributed by atoms with Crippen LogP contribution in [0.1, 0.15) is 30.7 Å². The van der Waals surface area contributed by atoms with Crippen molar-refractivity contribution in [3.05, 3.63) is 70.2 Å². The van der Waals surface area contributed by atoms with Gasteiger partial charge in [-0.1, -0.05) is 59.6 Å². The first-order chi connectivity index (χ1) is 21.4. The highest BCUT2D eigenvalue weighted by atomic mass is 35.5. The Bertz CT molecular complexity index is 1680. The number of methoxy groups -OCH3 is 2. The number of likely N-dealkylation sites (tertiary alicyclic amines) is 1. The van der Waals surface area contributed by atoms with Crippen LogP contribution >= 0.6 is 23.2 Å². The highest BCUT2D eigenvalue weighted by Gasteiger charge is 2.22. The van der Waals surface area contributed by atoms with Crippen LogP contribution in [-0.4, -0.2) is 70.6 Å². The molecule has 2 fully saturated rings. The van der Waals surface area contributed by atoms with Crippen LogP contribution in [0.2, 0.25) is 10.0 Å². The summed E-state index contributed by atoms with van der Waals surface area (Å²) in [4.78, 5) is 32.5. The van der Waals surface area contributed by atoms with Gasteiger partial charge in [0.15, 0.2) is 0 Å². The molecular weight excluding hydrogens is 601 g/mol. The van der Waals surface area contributed by atoms with Crippen molar-refractivity contribution in [1.29, 1.82) is 0 Å². The molecule has 2 aromatic carbocycles. The van der Waals surface area contributed by atoms with Gasteiger partial charge in [0.25, 0.3) is 0 Å². The van der Waals surface area contributed by atoms with E-state index in [1.165, 1.54) is 6.42 Å². The van der Waals surface area contributed by atoms with E-state index in [0.717, 1.165) is 41.9 Å². The van der Waals surface area contributed by atoms with Crippen LogP contribution < -0.4 is 20.1 Å². The predicted molar refractivity (Wildman–Crippen MR) is 170 cm³/mol. The molecule has 1 atom stereocenters. The third-order valence-electron chi connectivity index (χ3n) is 7.94. The van der Waals surface area contributed by atoms with Crippen molar-refractivity contribution < 1.29 is 14.3 Å². The molecular formula is C32H33Cl2N7O3. The zero-order valence-corrected chi connectivity index (χ0v) is 26.1. The van der Waals surface area contributed by atoms with E-state index in [9.17, 15) is 4.79 Å². The Labute approximate surface area is 266 Å². The number of carbonyl (C=O) groups excluding carboxylic acids is 1. The van der Waals surface area contributed by atoms with Crippen molar-refractivity contribution in [2.45, 2.75) is 38.4 Å². The van der Waals surface area contributed by atoms with E-state index in [1.807, 2.05) is 36.4 Å². The Morgan fingerprint density at radius 2 is 1.45 bits per heavy atom. The summed E-state index contributed by atoms with van der Waals surface area (Å²) < 4.78 is 11.2. The topological polar surface area (TPSA) is 114 Å². The van der Waals surface area contributed by atoms with Gasteiger partial charge in [-0.05, 0) is 25.9 Å². The molecule has 2 aliphatic rings. The number of aromatic nitrogens is 4. The first-order valence-electron chi connectivity index (χ1n) is 14.6. The minimum absolute atomic E-state index is 0.0891. The molecule has 4 aromatic rings. The maximum absolute atomic E-state index is 11.5. The van der Waals surface area contributed by atoms with E-state index in [1.54, 1.807) is 26.6 Å². The number of halogens is 2. The number of nitrogens with one attached hydrogen (secondary N) is 2. The van der Waals surface area contributed by atoms with Gasteiger partial charge in [0.05, 0.1) is 48.0 Å². The second-order valence-electron chi connectivity index (χ2n) is 10.8. The fourth-order valence-electron chi connectivity index (χ4n) is 5.43. The van der Waals surface area contributed by atoms with E-state index >= 15 is 0 Å². The molecule has 0 bridgehead atoms. The maximum atomic E-state index is 11.5. The van der Waals surface area contributed by atoms with E-state index < -0.39 is 0 Å². The van der Waals surface area contributed by atoms with E-state index in [4.69, 9.17) is 42.6 Å². The van der Waals surface area contributed by atoms with Gasteiger partial charge in [0.2, 0.25) is 17.7 Å². The molecule has 1 amide bonds. The van der Waals surface area contributed by atoms with E-state index in [0.29, 0.717) is 70.5 Å². The van der Waals surface area contributed by atoms with Gasteiger partial charge >= 0.3 is 0 Å². The summed E-state index contributed by atoms with van der Waals surface area (Å²) >= 11 is 14.0. The van der Waals surface area contributed by atoms with Crippen LogP contribution in [0.4, 0.5) is 0 Å². The number of nitrogens with zero attached hydrogens (tertiary/aromatic N) is 5. The van der Waals surface area contributed by atoms with Crippen LogP contribution in [0.5, 0.6) is 11.8 Å². The highest BCUT2D eigenvalue weighted by Crippen LogP contribution is 2.42. The van der Waals surface area contributed by atoms with Gasteiger partial charge in [-0.3, -0.25) is 19.7 Å². The maximum Gasteiger partial charge on any atom is 0.237 e. The average molecular weight is 635 g/mol. The second-order valence-corrected chi connectivity index (χ2v) is 11.6. The molecule has 1 unspecified atom stereocenters. The normalized spacial score (nSPS) is 16.5. The fraction of sp³-hybridized carbons (Fsp3) is 0.344. The lowest BCUT2D eigenvalue weighted by Gasteiger charge is -2.30. The standard InChI is InChI=1S/C32H33Cl2N7O3/c1-43-31-26(15-35-14-19-10-11-28(42)38-19)36-16-24(39-31)22-8-3-6-20(29(22)33)21-7-4-9-23(30(21)34)25-17-37-27(32(40-25)44-2)18-41-12-5-13-41/h3-4,6-9,16-17,19,35H,5,10-15,18H2,1-2H3,(H,38,42). The number of hydrogen-bond acceptors (Lipinski definition) is 9.